The standard InChI is InChI=1S/C13H18BrNO/c1-12(2,13(15)7-8-13)11-9(14)5-4-6-10(11)16-3/h4-6H,7-8,15H2,1-3H3. The van der Waals surface area contributed by atoms with E-state index in [1.165, 1.54) is 5.56 Å². The first-order valence-electron chi connectivity index (χ1n) is 5.54. The third-order valence-electron chi connectivity index (χ3n) is 3.85. The SMILES string of the molecule is COc1cccc(Br)c1C(C)(C)C1(N)CC1. The summed E-state index contributed by atoms with van der Waals surface area (Å²) in [5, 5.41) is 0. The molecule has 0 radical (unpaired) electrons. The Bertz CT molecular complexity index is 410. The van der Waals surface area contributed by atoms with E-state index < -0.39 is 0 Å². The molecule has 2 N–H and O–H groups in total. The van der Waals surface area contributed by atoms with Gasteiger partial charge >= 0.3 is 0 Å². The first-order valence-corrected chi connectivity index (χ1v) is 6.33. The average Bonchev–Trinajstić information content (AvgIpc) is 2.97. The van der Waals surface area contributed by atoms with Gasteiger partial charge in [-0.1, -0.05) is 35.8 Å². The van der Waals surface area contributed by atoms with E-state index in [4.69, 9.17) is 10.5 Å². The molecule has 0 unspecified atom stereocenters. The highest BCUT2D eigenvalue weighted by Crippen LogP contribution is 2.52. The summed E-state index contributed by atoms with van der Waals surface area (Å²) in [6.45, 7) is 4.39. The van der Waals surface area contributed by atoms with Crippen molar-refractivity contribution in [2.24, 2.45) is 5.73 Å². The first-order chi connectivity index (χ1) is 7.42. The summed E-state index contributed by atoms with van der Waals surface area (Å²) in [6, 6.07) is 6.03. The van der Waals surface area contributed by atoms with Crippen LogP contribution in [0.3, 0.4) is 0 Å². The Morgan fingerprint density at radius 2 is 2.00 bits per heavy atom. The van der Waals surface area contributed by atoms with Crippen molar-refractivity contribution in [2.75, 3.05) is 7.11 Å². The Morgan fingerprint density at radius 1 is 1.38 bits per heavy atom. The third kappa shape index (κ3) is 1.66. The maximum Gasteiger partial charge on any atom is 0.123 e. The zero-order valence-electron chi connectivity index (χ0n) is 10.0. The molecule has 1 aromatic carbocycles. The van der Waals surface area contributed by atoms with Crippen LogP contribution >= 0.6 is 15.9 Å². The van der Waals surface area contributed by atoms with Crippen LogP contribution in [-0.4, -0.2) is 12.6 Å². The molecule has 1 aliphatic carbocycles. The van der Waals surface area contributed by atoms with Crippen molar-refractivity contribution in [3.63, 3.8) is 0 Å². The Morgan fingerprint density at radius 3 is 2.50 bits per heavy atom. The van der Waals surface area contributed by atoms with Gasteiger partial charge in [-0.2, -0.15) is 0 Å². The van der Waals surface area contributed by atoms with Gasteiger partial charge in [0.25, 0.3) is 0 Å². The van der Waals surface area contributed by atoms with Crippen LogP contribution in [-0.2, 0) is 5.41 Å². The van der Waals surface area contributed by atoms with Crippen LogP contribution < -0.4 is 10.5 Å². The number of halogens is 1. The lowest BCUT2D eigenvalue weighted by Gasteiger charge is -2.34. The topological polar surface area (TPSA) is 35.2 Å². The molecule has 1 fully saturated rings. The van der Waals surface area contributed by atoms with Gasteiger partial charge in [-0.25, -0.2) is 0 Å². The van der Waals surface area contributed by atoms with Crippen molar-refractivity contribution in [1.82, 2.24) is 0 Å². The minimum atomic E-state index is -0.0792. The molecule has 0 aliphatic heterocycles. The van der Waals surface area contributed by atoms with Crippen molar-refractivity contribution in [3.05, 3.63) is 28.2 Å². The number of ether oxygens (including phenoxy) is 1. The number of nitrogens with two attached hydrogens (primary N) is 1. The van der Waals surface area contributed by atoms with Crippen LogP contribution in [0.5, 0.6) is 5.75 Å². The van der Waals surface area contributed by atoms with Gasteiger partial charge in [0.2, 0.25) is 0 Å². The molecule has 16 heavy (non-hydrogen) atoms. The van der Waals surface area contributed by atoms with Crippen LogP contribution in [0.4, 0.5) is 0 Å². The quantitative estimate of drug-likeness (QED) is 0.925. The molecule has 2 nitrogen and oxygen atoms in total. The fraction of sp³-hybridized carbons (Fsp3) is 0.538. The lowest BCUT2D eigenvalue weighted by molar-refractivity contribution is 0.352. The summed E-state index contributed by atoms with van der Waals surface area (Å²) in [6.07, 6.45) is 2.18. The lowest BCUT2D eigenvalue weighted by atomic mass is 9.75. The maximum atomic E-state index is 6.37. The molecule has 0 atom stereocenters. The molecule has 1 aliphatic rings. The van der Waals surface area contributed by atoms with Crippen LogP contribution in [0.1, 0.15) is 32.3 Å². The molecule has 0 aromatic heterocycles. The smallest absolute Gasteiger partial charge is 0.123 e. The molecule has 0 saturated heterocycles. The normalized spacial score (nSPS) is 18.3. The first kappa shape index (κ1) is 11.9. The van der Waals surface area contributed by atoms with Crippen molar-refractivity contribution < 1.29 is 4.74 Å². The van der Waals surface area contributed by atoms with Gasteiger partial charge in [0.1, 0.15) is 5.75 Å². The fourth-order valence-corrected chi connectivity index (χ4v) is 3.13. The van der Waals surface area contributed by atoms with E-state index in [0.29, 0.717) is 0 Å². The number of methoxy groups -OCH3 is 1. The fourth-order valence-electron chi connectivity index (χ4n) is 2.29. The molecule has 2 rings (SSSR count). The molecule has 1 saturated carbocycles. The molecule has 0 amide bonds. The molecule has 0 bridgehead atoms. The molecular weight excluding hydrogens is 266 g/mol. The predicted molar refractivity (Wildman–Crippen MR) is 69.9 cm³/mol. The van der Waals surface area contributed by atoms with Crippen molar-refractivity contribution >= 4 is 15.9 Å². The minimum Gasteiger partial charge on any atom is -0.496 e. The second-order valence-corrected chi connectivity index (χ2v) is 5.95. The van der Waals surface area contributed by atoms with Crippen LogP contribution in [0.15, 0.2) is 22.7 Å². The monoisotopic (exact) mass is 283 g/mol. The van der Waals surface area contributed by atoms with Gasteiger partial charge in [-0.05, 0) is 25.0 Å². The predicted octanol–water partition coefficient (Wildman–Crippen LogP) is 3.23. The van der Waals surface area contributed by atoms with Gasteiger partial charge in [-0.3, -0.25) is 0 Å². The zero-order chi connectivity index (χ0) is 12.0. The summed E-state index contributed by atoms with van der Waals surface area (Å²) in [7, 11) is 1.71. The van der Waals surface area contributed by atoms with Gasteiger partial charge in [0.15, 0.2) is 0 Å². The van der Waals surface area contributed by atoms with E-state index in [0.717, 1.165) is 23.1 Å². The van der Waals surface area contributed by atoms with Crippen molar-refractivity contribution in [3.8, 4) is 5.75 Å². The molecule has 1 aromatic rings. The summed E-state index contributed by atoms with van der Waals surface area (Å²) >= 11 is 3.61. The lowest BCUT2D eigenvalue weighted by Crippen LogP contribution is -2.43. The Hall–Kier alpha value is -0.540. The van der Waals surface area contributed by atoms with Crippen LogP contribution in [0.2, 0.25) is 0 Å². The molecular formula is C13H18BrNO. The number of rotatable bonds is 3. The molecule has 0 spiro atoms. The highest BCUT2D eigenvalue weighted by Gasteiger charge is 2.53. The summed E-state index contributed by atoms with van der Waals surface area (Å²) in [5.41, 5.74) is 7.40. The number of hydrogen-bond donors (Lipinski definition) is 1. The summed E-state index contributed by atoms with van der Waals surface area (Å²) in [5.74, 6) is 0.913. The maximum absolute atomic E-state index is 6.37. The second-order valence-electron chi connectivity index (χ2n) is 5.10. The number of hydrogen-bond acceptors (Lipinski definition) is 2. The highest BCUT2D eigenvalue weighted by molar-refractivity contribution is 9.10. The Labute approximate surface area is 105 Å². The highest BCUT2D eigenvalue weighted by atomic mass is 79.9. The Kier molecular flexibility index (Phi) is 2.79. The van der Waals surface area contributed by atoms with Crippen LogP contribution in [0, 0.1) is 0 Å². The zero-order valence-corrected chi connectivity index (χ0v) is 11.6. The molecule has 0 heterocycles. The molecule has 3 heteroatoms. The van der Waals surface area contributed by atoms with E-state index in [9.17, 15) is 0 Å². The van der Waals surface area contributed by atoms with Crippen LogP contribution in [0.25, 0.3) is 0 Å². The van der Waals surface area contributed by atoms with E-state index in [2.05, 4.69) is 29.8 Å². The number of benzene rings is 1. The van der Waals surface area contributed by atoms with Gasteiger partial charge in [0.05, 0.1) is 7.11 Å². The summed E-state index contributed by atoms with van der Waals surface area (Å²) in [4.78, 5) is 0. The molecule has 88 valence electrons. The largest absolute Gasteiger partial charge is 0.496 e. The Balaban J connectivity index is 2.54. The van der Waals surface area contributed by atoms with Gasteiger partial charge < -0.3 is 10.5 Å². The third-order valence-corrected chi connectivity index (χ3v) is 4.51. The summed E-state index contributed by atoms with van der Waals surface area (Å²) < 4.78 is 6.53. The van der Waals surface area contributed by atoms with Crippen molar-refractivity contribution in [1.29, 1.82) is 0 Å². The van der Waals surface area contributed by atoms with Gasteiger partial charge in [-0.15, -0.1) is 0 Å². The average molecular weight is 284 g/mol. The van der Waals surface area contributed by atoms with Gasteiger partial charge in [0, 0.05) is 21.0 Å². The van der Waals surface area contributed by atoms with E-state index in [1.54, 1.807) is 7.11 Å². The van der Waals surface area contributed by atoms with E-state index in [-0.39, 0.29) is 11.0 Å². The van der Waals surface area contributed by atoms with E-state index in [1.807, 2.05) is 18.2 Å². The van der Waals surface area contributed by atoms with Crippen molar-refractivity contribution in [2.45, 2.75) is 37.6 Å². The minimum absolute atomic E-state index is 0.0710. The van der Waals surface area contributed by atoms with E-state index >= 15 is 0 Å². The second kappa shape index (κ2) is 3.74.